The van der Waals surface area contributed by atoms with Crippen molar-refractivity contribution in [2.24, 2.45) is 0 Å². The lowest BCUT2D eigenvalue weighted by molar-refractivity contribution is -0.384. The van der Waals surface area contributed by atoms with E-state index in [4.69, 9.17) is 20.5 Å². The molecule has 0 aliphatic carbocycles. The Morgan fingerprint density at radius 2 is 1.83 bits per heavy atom. The predicted molar refractivity (Wildman–Crippen MR) is 86.6 cm³/mol. The minimum absolute atomic E-state index is 0.0383. The van der Waals surface area contributed by atoms with Crippen molar-refractivity contribution in [2.75, 3.05) is 7.11 Å². The lowest BCUT2D eigenvalue weighted by atomic mass is 10.3. The molecule has 0 bridgehead atoms. The molecule has 0 unspecified atom stereocenters. The van der Waals surface area contributed by atoms with Gasteiger partial charge in [-0.3, -0.25) is 10.1 Å². The summed E-state index contributed by atoms with van der Waals surface area (Å²) in [7, 11) is -2.94. The minimum Gasteiger partial charge on any atom is -0.494 e. The number of non-ortho nitro benzene ring substituents is 1. The van der Waals surface area contributed by atoms with Gasteiger partial charge in [0.2, 0.25) is 0 Å². The summed E-state index contributed by atoms with van der Waals surface area (Å²) in [5.41, 5.74) is -0.183. The number of methoxy groups -OCH3 is 1. The van der Waals surface area contributed by atoms with Gasteiger partial charge in [-0.2, -0.15) is 8.42 Å². The number of rotatable bonds is 5. The fourth-order valence-electron chi connectivity index (χ4n) is 1.72. The highest BCUT2D eigenvalue weighted by atomic mass is 79.9. The first-order valence-electron chi connectivity index (χ1n) is 5.96. The summed E-state index contributed by atoms with van der Waals surface area (Å²) in [5.74, 6) is -0.0370. The molecule has 0 aliphatic rings. The molecular weight excluding hydrogens is 414 g/mol. The number of nitrogens with zero attached hydrogens (tertiary/aromatic N) is 1. The van der Waals surface area contributed by atoms with Crippen LogP contribution in [0.1, 0.15) is 0 Å². The number of nitro benzene ring substituents is 1. The van der Waals surface area contributed by atoms with Gasteiger partial charge in [-0.25, -0.2) is 0 Å². The molecule has 0 saturated heterocycles. The molecule has 0 N–H and O–H groups in total. The molecule has 2 rings (SSSR count). The summed E-state index contributed by atoms with van der Waals surface area (Å²) in [5, 5.41) is 10.8. The van der Waals surface area contributed by atoms with E-state index >= 15 is 0 Å². The Kier molecular flexibility index (Phi) is 5.12. The van der Waals surface area contributed by atoms with Gasteiger partial charge in [-0.15, -0.1) is 0 Å². The van der Waals surface area contributed by atoms with Crippen molar-refractivity contribution in [3.05, 3.63) is 56.0 Å². The molecule has 2 aromatic rings. The molecule has 7 nitrogen and oxygen atoms in total. The number of ether oxygens (including phenoxy) is 1. The van der Waals surface area contributed by atoms with Crippen LogP contribution >= 0.6 is 27.5 Å². The number of halogens is 2. The maximum Gasteiger partial charge on any atom is 0.343 e. The number of hydrogen-bond donors (Lipinski definition) is 0. The molecule has 10 heteroatoms. The lowest BCUT2D eigenvalue weighted by Crippen LogP contribution is -2.11. The van der Waals surface area contributed by atoms with Crippen LogP contribution in [0.5, 0.6) is 11.5 Å². The smallest absolute Gasteiger partial charge is 0.343 e. The lowest BCUT2D eigenvalue weighted by Gasteiger charge is -2.12. The molecule has 122 valence electrons. The van der Waals surface area contributed by atoms with E-state index in [0.29, 0.717) is 4.47 Å². The Hall–Kier alpha value is -1.84. The Morgan fingerprint density at radius 1 is 1.22 bits per heavy atom. The molecular formula is C13H9BrClNO6S. The van der Waals surface area contributed by atoms with Crippen LogP contribution in [0, 0.1) is 10.1 Å². The Bertz CT molecular complexity index is 854. The maximum absolute atomic E-state index is 12.4. The molecule has 0 amide bonds. The molecule has 0 saturated carbocycles. The summed E-state index contributed by atoms with van der Waals surface area (Å²) in [6.45, 7) is 0. The fraction of sp³-hybridized carbons (Fsp3) is 0.0769. The average molecular weight is 423 g/mol. The highest BCUT2D eigenvalue weighted by Crippen LogP contribution is 2.36. The SMILES string of the molecule is COc1c(Br)cc(Cl)cc1S(=O)(=O)Oc1ccc([N+](=O)[O-])cc1. The third-order valence-corrected chi connectivity index (χ3v) is 4.76. The van der Waals surface area contributed by atoms with Crippen molar-refractivity contribution in [1.29, 1.82) is 0 Å². The van der Waals surface area contributed by atoms with Crippen molar-refractivity contribution < 1.29 is 22.3 Å². The normalized spacial score (nSPS) is 11.1. The second kappa shape index (κ2) is 6.73. The van der Waals surface area contributed by atoms with Gasteiger partial charge in [0.05, 0.1) is 16.5 Å². The van der Waals surface area contributed by atoms with Crippen LogP contribution in [0.3, 0.4) is 0 Å². The Balaban J connectivity index is 2.41. The zero-order valence-corrected chi connectivity index (χ0v) is 14.7. The molecule has 23 heavy (non-hydrogen) atoms. The first-order valence-corrected chi connectivity index (χ1v) is 8.54. The van der Waals surface area contributed by atoms with E-state index < -0.39 is 15.0 Å². The summed E-state index contributed by atoms with van der Waals surface area (Å²) in [6, 6.07) is 7.30. The van der Waals surface area contributed by atoms with Crippen molar-refractivity contribution >= 4 is 43.3 Å². The molecule has 0 fully saturated rings. The monoisotopic (exact) mass is 421 g/mol. The van der Waals surface area contributed by atoms with Gasteiger partial charge in [0, 0.05) is 17.2 Å². The van der Waals surface area contributed by atoms with Gasteiger partial charge in [-0.05, 0) is 40.2 Å². The quantitative estimate of drug-likeness (QED) is 0.413. The Labute approximate surface area is 145 Å². The molecule has 0 aliphatic heterocycles. The van der Waals surface area contributed by atoms with Crippen molar-refractivity contribution in [3.63, 3.8) is 0 Å². The van der Waals surface area contributed by atoms with Crippen LogP contribution in [0.4, 0.5) is 5.69 Å². The third-order valence-electron chi connectivity index (χ3n) is 2.70. The first kappa shape index (κ1) is 17.5. The van der Waals surface area contributed by atoms with Gasteiger partial charge in [-0.1, -0.05) is 11.6 Å². The van der Waals surface area contributed by atoms with E-state index in [-0.39, 0.29) is 27.1 Å². The topological polar surface area (TPSA) is 95.7 Å². The van der Waals surface area contributed by atoms with Crippen LogP contribution in [0.25, 0.3) is 0 Å². The van der Waals surface area contributed by atoms with Crippen molar-refractivity contribution in [1.82, 2.24) is 0 Å². The molecule has 0 spiro atoms. The largest absolute Gasteiger partial charge is 0.494 e. The van der Waals surface area contributed by atoms with Crippen LogP contribution < -0.4 is 8.92 Å². The van der Waals surface area contributed by atoms with Crippen molar-refractivity contribution in [2.45, 2.75) is 4.90 Å². The standard InChI is InChI=1S/C13H9BrClNO6S/c1-21-13-11(14)6-8(15)7-12(13)23(19,20)22-10-4-2-9(3-5-10)16(17)18/h2-7H,1H3. The first-order chi connectivity index (χ1) is 10.7. The van der Waals surface area contributed by atoms with Crippen LogP contribution in [-0.2, 0) is 10.1 Å². The molecule has 0 radical (unpaired) electrons. The van der Waals surface area contributed by atoms with Crippen LogP contribution in [0.2, 0.25) is 5.02 Å². The molecule has 0 atom stereocenters. The number of hydrogen-bond acceptors (Lipinski definition) is 6. The van der Waals surface area contributed by atoms with E-state index in [1.807, 2.05) is 0 Å². The zero-order chi connectivity index (χ0) is 17.2. The van der Waals surface area contributed by atoms with E-state index in [2.05, 4.69) is 15.9 Å². The number of nitro groups is 1. The van der Waals surface area contributed by atoms with E-state index in [0.717, 1.165) is 12.1 Å². The van der Waals surface area contributed by atoms with Gasteiger partial charge < -0.3 is 8.92 Å². The highest BCUT2D eigenvalue weighted by molar-refractivity contribution is 9.10. The van der Waals surface area contributed by atoms with Gasteiger partial charge in [0.15, 0.2) is 10.6 Å². The van der Waals surface area contributed by atoms with Crippen molar-refractivity contribution in [3.8, 4) is 11.5 Å². The number of benzene rings is 2. The molecule has 0 heterocycles. The van der Waals surface area contributed by atoms with E-state index in [1.165, 1.54) is 31.4 Å². The van der Waals surface area contributed by atoms with E-state index in [1.54, 1.807) is 0 Å². The van der Waals surface area contributed by atoms with Gasteiger partial charge >= 0.3 is 10.1 Å². The third kappa shape index (κ3) is 3.92. The summed E-state index contributed by atoms with van der Waals surface area (Å²) >= 11 is 9.02. The maximum atomic E-state index is 12.4. The second-order valence-corrected chi connectivity index (χ2v) is 7.01. The molecule has 2 aromatic carbocycles. The van der Waals surface area contributed by atoms with Crippen LogP contribution in [0.15, 0.2) is 45.8 Å². The highest BCUT2D eigenvalue weighted by Gasteiger charge is 2.25. The van der Waals surface area contributed by atoms with Gasteiger partial charge in [0.1, 0.15) is 5.75 Å². The minimum atomic E-state index is -4.24. The average Bonchev–Trinajstić information content (AvgIpc) is 2.46. The van der Waals surface area contributed by atoms with E-state index in [9.17, 15) is 18.5 Å². The fourth-order valence-corrected chi connectivity index (χ4v) is 4.03. The second-order valence-electron chi connectivity index (χ2n) is 4.21. The van der Waals surface area contributed by atoms with Gasteiger partial charge in [0.25, 0.3) is 5.69 Å². The summed E-state index contributed by atoms with van der Waals surface area (Å²) < 4.78 is 35.1. The zero-order valence-electron chi connectivity index (χ0n) is 11.5. The van der Waals surface area contributed by atoms with Crippen LogP contribution in [-0.4, -0.2) is 20.5 Å². The summed E-state index contributed by atoms with van der Waals surface area (Å²) in [6.07, 6.45) is 0. The Morgan fingerprint density at radius 3 is 2.35 bits per heavy atom. The predicted octanol–water partition coefficient (Wildman–Crippen LogP) is 3.79. The summed E-state index contributed by atoms with van der Waals surface area (Å²) in [4.78, 5) is 9.72. The molecule has 0 aromatic heterocycles.